The molecular formula is C16H25N3O2. The summed E-state index contributed by atoms with van der Waals surface area (Å²) < 4.78 is 7.45. The Hall–Kier alpha value is -1.36. The summed E-state index contributed by atoms with van der Waals surface area (Å²) in [6.45, 7) is 6.87. The van der Waals surface area contributed by atoms with Crippen LogP contribution in [0.25, 0.3) is 0 Å². The van der Waals surface area contributed by atoms with Crippen molar-refractivity contribution in [2.75, 3.05) is 0 Å². The molecule has 4 atom stereocenters. The second-order valence-electron chi connectivity index (χ2n) is 7.46. The van der Waals surface area contributed by atoms with E-state index in [-0.39, 0.29) is 22.9 Å². The zero-order chi connectivity index (χ0) is 15.4. The van der Waals surface area contributed by atoms with Crippen molar-refractivity contribution in [2.24, 2.45) is 29.5 Å². The van der Waals surface area contributed by atoms with E-state index in [4.69, 9.17) is 10.5 Å². The molecule has 1 aromatic heterocycles. The molecule has 116 valence electrons. The van der Waals surface area contributed by atoms with Gasteiger partial charge < -0.3 is 10.5 Å². The molecule has 0 aromatic carbocycles. The van der Waals surface area contributed by atoms with Crippen molar-refractivity contribution in [3.05, 3.63) is 18.0 Å². The van der Waals surface area contributed by atoms with Crippen LogP contribution in [0.5, 0.6) is 0 Å². The Morgan fingerprint density at radius 1 is 1.52 bits per heavy atom. The zero-order valence-corrected chi connectivity index (χ0v) is 13.3. The van der Waals surface area contributed by atoms with Crippen LogP contribution in [0, 0.1) is 16.7 Å². The van der Waals surface area contributed by atoms with Gasteiger partial charge in [0.25, 0.3) is 0 Å². The zero-order valence-electron chi connectivity index (χ0n) is 13.3. The first-order chi connectivity index (χ1) is 9.75. The van der Waals surface area contributed by atoms with Gasteiger partial charge in [-0.3, -0.25) is 4.68 Å². The molecule has 1 aromatic rings. The lowest BCUT2D eigenvalue weighted by atomic mass is 9.70. The van der Waals surface area contributed by atoms with Crippen LogP contribution >= 0.6 is 0 Å². The fraction of sp³-hybridized carbons (Fsp3) is 0.750. The van der Waals surface area contributed by atoms with Crippen molar-refractivity contribution in [2.45, 2.75) is 52.2 Å². The van der Waals surface area contributed by atoms with E-state index in [1.807, 2.05) is 0 Å². The molecule has 1 heterocycles. The molecule has 2 bridgehead atoms. The van der Waals surface area contributed by atoms with Crippen molar-refractivity contribution < 1.29 is 9.53 Å². The molecule has 2 N–H and O–H groups in total. The smallest absolute Gasteiger partial charge is 0.327 e. The fourth-order valence-corrected chi connectivity index (χ4v) is 4.26. The lowest BCUT2D eigenvalue weighted by Crippen LogP contribution is -2.40. The lowest BCUT2D eigenvalue weighted by Gasteiger charge is -2.38. The molecule has 0 saturated heterocycles. The standard InChI is InChI=1S/C16H25N3O2/c1-15(2)11-5-6-16(15,3)12(7-11)21-14(20)13(17)10-8-18-19(4)9-10/h8-9,11-13H,5-7,17H2,1-4H3. The quantitative estimate of drug-likeness (QED) is 0.867. The average molecular weight is 291 g/mol. The fourth-order valence-electron chi connectivity index (χ4n) is 4.26. The maximum Gasteiger partial charge on any atom is 0.327 e. The Morgan fingerprint density at radius 3 is 2.71 bits per heavy atom. The maximum absolute atomic E-state index is 12.4. The Balaban J connectivity index is 1.72. The molecule has 5 heteroatoms. The highest BCUT2D eigenvalue weighted by Crippen LogP contribution is 2.66. The summed E-state index contributed by atoms with van der Waals surface area (Å²) in [7, 11) is 1.81. The summed E-state index contributed by atoms with van der Waals surface area (Å²) in [5, 5.41) is 4.06. The van der Waals surface area contributed by atoms with Gasteiger partial charge in [-0.2, -0.15) is 5.10 Å². The van der Waals surface area contributed by atoms with Gasteiger partial charge in [-0.15, -0.1) is 0 Å². The number of esters is 1. The van der Waals surface area contributed by atoms with E-state index in [0.29, 0.717) is 11.5 Å². The number of rotatable bonds is 3. The van der Waals surface area contributed by atoms with Crippen molar-refractivity contribution in [3.8, 4) is 0 Å². The average Bonchev–Trinajstić information content (AvgIpc) is 2.99. The van der Waals surface area contributed by atoms with Crippen molar-refractivity contribution in [1.82, 2.24) is 9.78 Å². The van der Waals surface area contributed by atoms with Gasteiger partial charge in [-0.1, -0.05) is 20.8 Å². The van der Waals surface area contributed by atoms with Crippen LogP contribution in [-0.2, 0) is 16.6 Å². The molecular weight excluding hydrogens is 266 g/mol. The lowest BCUT2D eigenvalue weighted by molar-refractivity contribution is -0.158. The van der Waals surface area contributed by atoms with Gasteiger partial charge in [0.2, 0.25) is 0 Å². The van der Waals surface area contributed by atoms with Gasteiger partial charge in [0.15, 0.2) is 0 Å². The minimum absolute atomic E-state index is 0.0125. The molecule has 0 aliphatic heterocycles. The Morgan fingerprint density at radius 2 is 2.24 bits per heavy atom. The number of aromatic nitrogens is 2. The van der Waals surface area contributed by atoms with Crippen molar-refractivity contribution >= 4 is 5.97 Å². The summed E-state index contributed by atoms with van der Waals surface area (Å²) in [4.78, 5) is 12.4. The van der Waals surface area contributed by atoms with Crippen molar-refractivity contribution in [1.29, 1.82) is 0 Å². The molecule has 4 unspecified atom stereocenters. The number of hydrogen-bond donors (Lipinski definition) is 1. The molecule has 2 aliphatic carbocycles. The number of nitrogens with two attached hydrogens (primary N) is 1. The monoisotopic (exact) mass is 291 g/mol. The van der Waals surface area contributed by atoms with Crippen LogP contribution in [0.2, 0.25) is 0 Å². The summed E-state index contributed by atoms with van der Waals surface area (Å²) >= 11 is 0. The van der Waals surface area contributed by atoms with E-state index >= 15 is 0 Å². The highest BCUT2D eigenvalue weighted by molar-refractivity contribution is 5.77. The number of fused-ring (bicyclic) bond motifs is 2. The number of carbonyl (C=O) groups excluding carboxylic acids is 1. The van der Waals surface area contributed by atoms with Gasteiger partial charge in [0.05, 0.1) is 6.20 Å². The topological polar surface area (TPSA) is 70.1 Å². The predicted octanol–water partition coefficient (Wildman–Crippen LogP) is 2.18. The van der Waals surface area contributed by atoms with Crippen LogP contribution in [0.15, 0.2) is 12.4 Å². The SMILES string of the molecule is Cn1cc(C(N)C(=O)OC2CC3CCC2(C)C3(C)C)cn1. The molecule has 0 spiro atoms. The Labute approximate surface area is 125 Å². The first kappa shape index (κ1) is 14.6. The molecule has 0 radical (unpaired) electrons. The normalized spacial score (nSPS) is 34.9. The van der Waals surface area contributed by atoms with Gasteiger partial charge in [0, 0.05) is 24.2 Å². The number of ether oxygens (including phenoxy) is 1. The van der Waals surface area contributed by atoms with Gasteiger partial charge >= 0.3 is 5.97 Å². The van der Waals surface area contributed by atoms with E-state index in [0.717, 1.165) is 12.8 Å². The van der Waals surface area contributed by atoms with Crippen LogP contribution in [0.1, 0.15) is 51.6 Å². The number of hydrogen-bond acceptors (Lipinski definition) is 4. The third kappa shape index (κ3) is 2.01. The second-order valence-corrected chi connectivity index (χ2v) is 7.46. The minimum Gasteiger partial charge on any atom is -0.460 e. The van der Waals surface area contributed by atoms with Crippen LogP contribution < -0.4 is 5.73 Å². The van der Waals surface area contributed by atoms with E-state index in [2.05, 4.69) is 25.9 Å². The first-order valence-electron chi connectivity index (χ1n) is 7.70. The minimum atomic E-state index is -0.746. The van der Waals surface area contributed by atoms with Crippen LogP contribution in [0.3, 0.4) is 0 Å². The molecule has 2 aliphatic rings. The Bertz CT molecular complexity index is 566. The highest BCUT2D eigenvalue weighted by atomic mass is 16.5. The molecule has 0 amide bonds. The highest BCUT2D eigenvalue weighted by Gasteiger charge is 2.62. The largest absolute Gasteiger partial charge is 0.460 e. The van der Waals surface area contributed by atoms with Crippen LogP contribution in [0.4, 0.5) is 0 Å². The van der Waals surface area contributed by atoms with Crippen molar-refractivity contribution in [3.63, 3.8) is 0 Å². The number of nitrogens with zero attached hydrogens (tertiary/aromatic N) is 2. The third-order valence-corrected chi connectivity index (χ3v) is 6.31. The van der Waals surface area contributed by atoms with Gasteiger partial charge in [-0.25, -0.2) is 4.79 Å². The predicted molar refractivity (Wildman–Crippen MR) is 79.2 cm³/mol. The van der Waals surface area contributed by atoms with Gasteiger partial charge in [-0.05, 0) is 30.6 Å². The van der Waals surface area contributed by atoms with Gasteiger partial charge in [0.1, 0.15) is 12.1 Å². The molecule has 2 fully saturated rings. The summed E-state index contributed by atoms with van der Waals surface area (Å²) in [5.74, 6) is 0.312. The molecule has 21 heavy (non-hydrogen) atoms. The third-order valence-electron chi connectivity index (χ3n) is 6.31. The summed E-state index contributed by atoms with van der Waals surface area (Å²) in [6, 6.07) is -0.746. The van der Waals surface area contributed by atoms with Crippen LogP contribution in [-0.4, -0.2) is 21.9 Å². The molecule has 2 saturated carbocycles. The van der Waals surface area contributed by atoms with E-state index < -0.39 is 6.04 Å². The Kier molecular flexibility index (Phi) is 3.17. The molecule has 5 nitrogen and oxygen atoms in total. The summed E-state index contributed by atoms with van der Waals surface area (Å²) in [6.07, 6.45) is 6.71. The second kappa shape index (κ2) is 4.57. The van der Waals surface area contributed by atoms with E-state index in [1.54, 1.807) is 24.1 Å². The van der Waals surface area contributed by atoms with E-state index in [1.165, 1.54) is 6.42 Å². The summed E-state index contributed by atoms with van der Waals surface area (Å²) in [5.41, 5.74) is 7.02. The maximum atomic E-state index is 12.4. The number of carbonyl (C=O) groups is 1. The number of aryl methyl sites for hydroxylation is 1. The first-order valence-corrected chi connectivity index (χ1v) is 7.70. The van der Waals surface area contributed by atoms with E-state index in [9.17, 15) is 4.79 Å². The molecule has 3 rings (SSSR count).